The topological polar surface area (TPSA) is 67.0 Å². The third kappa shape index (κ3) is 4.58. The molecule has 0 aliphatic carbocycles. The molecule has 0 amide bonds. The summed E-state index contributed by atoms with van der Waals surface area (Å²) in [6, 6.07) is 13.7. The van der Waals surface area contributed by atoms with E-state index in [1.165, 1.54) is 18.3 Å². The number of hydrogen-bond acceptors (Lipinski definition) is 4. The van der Waals surface area contributed by atoms with Gasteiger partial charge in [0.15, 0.2) is 0 Å². The van der Waals surface area contributed by atoms with Gasteiger partial charge < -0.3 is 10.1 Å². The van der Waals surface area contributed by atoms with Gasteiger partial charge in [-0.05, 0) is 35.4 Å². The molecule has 0 bridgehead atoms. The second-order valence-corrected chi connectivity index (χ2v) is 5.72. The Morgan fingerprint density at radius 3 is 2.72 bits per heavy atom. The fourth-order valence-electron chi connectivity index (χ4n) is 2.20. The summed E-state index contributed by atoms with van der Waals surface area (Å²) in [4.78, 5) is 11.4. The summed E-state index contributed by atoms with van der Waals surface area (Å²) in [5, 5.41) is 9.09. The van der Waals surface area contributed by atoms with Gasteiger partial charge in [0.25, 0.3) is 5.56 Å². The van der Waals surface area contributed by atoms with Crippen molar-refractivity contribution >= 4 is 17.3 Å². The summed E-state index contributed by atoms with van der Waals surface area (Å²) in [6.07, 6.45) is 1.46. The van der Waals surface area contributed by atoms with Crippen LogP contribution in [0, 0.1) is 5.82 Å². The average Bonchev–Trinajstić information content (AvgIpc) is 2.62. The van der Waals surface area contributed by atoms with Gasteiger partial charge in [-0.15, -0.1) is 0 Å². The number of rotatable bonds is 6. The zero-order valence-corrected chi connectivity index (χ0v) is 13.9. The number of nitrogens with zero attached hydrogens (tertiary/aromatic N) is 1. The molecule has 0 spiro atoms. The Balaban J connectivity index is 1.57. The molecule has 0 atom stereocenters. The van der Waals surface area contributed by atoms with E-state index < -0.39 is 5.56 Å². The van der Waals surface area contributed by atoms with Crippen molar-refractivity contribution in [2.45, 2.75) is 13.2 Å². The molecule has 1 aromatic heterocycles. The largest absolute Gasteiger partial charge is 0.489 e. The number of aromatic amines is 1. The molecule has 3 rings (SSSR count). The van der Waals surface area contributed by atoms with Crippen LogP contribution in [0.25, 0.3) is 0 Å². The smallest absolute Gasteiger partial charge is 0.285 e. The maximum atomic E-state index is 13.1. The molecule has 0 saturated carbocycles. The van der Waals surface area contributed by atoms with Gasteiger partial charge in [-0.2, -0.15) is 5.10 Å². The number of nitrogens with one attached hydrogen (secondary N) is 2. The van der Waals surface area contributed by atoms with Gasteiger partial charge >= 0.3 is 0 Å². The van der Waals surface area contributed by atoms with Crippen LogP contribution in [0.3, 0.4) is 0 Å². The first-order valence-corrected chi connectivity index (χ1v) is 7.93. The molecule has 7 heteroatoms. The summed E-state index contributed by atoms with van der Waals surface area (Å²) < 4.78 is 18.8. The van der Waals surface area contributed by atoms with Crippen LogP contribution in [0.2, 0.25) is 5.02 Å². The molecule has 0 fully saturated rings. The normalized spacial score (nSPS) is 10.5. The van der Waals surface area contributed by atoms with Crippen LogP contribution in [0.4, 0.5) is 10.1 Å². The molecular formula is C18H15ClFN3O2. The zero-order valence-electron chi connectivity index (χ0n) is 13.1. The predicted octanol–water partition coefficient (Wildman–Crippen LogP) is 3.75. The standard InChI is InChI=1S/C18H15ClFN3O2/c19-17-16(10-22-23-18(17)24)21-9-12-4-6-15(7-5-12)25-11-13-2-1-3-14(20)8-13/h1-8,10H,9,11H2,(H2,21,23,24). The van der Waals surface area contributed by atoms with E-state index in [4.69, 9.17) is 16.3 Å². The van der Waals surface area contributed by atoms with Crippen LogP contribution in [0.1, 0.15) is 11.1 Å². The highest BCUT2D eigenvalue weighted by atomic mass is 35.5. The van der Waals surface area contributed by atoms with Crippen LogP contribution in [0.15, 0.2) is 59.5 Å². The minimum Gasteiger partial charge on any atom is -0.489 e. The molecule has 3 aromatic rings. The van der Waals surface area contributed by atoms with Crippen molar-refractivity contribution in [3.63, 3.8) is 0 Å². The highest BCUT2D eigenvalue weighted by Gasteiger charge is 2.04. The van der Waals surface area contributed by atoms with Crippen molar-refractivity contribution in [3.05, 3.63) is 87.0 Å². The summed E-state index contributed by atoms with van der Waals surface area (Å²) in [5.41, 5.74) is 1.78. The number of H-pyrrole nitrogens is 1. The Morgan fingerprint density at radius 2 is 1.96 bits per heavy atom. The highest BCUT2D eigenvalue weighted by Crippen LogP contribution is 2.18. The fraction of sp³-hybridized carbons (Fsp3) is 0.111. The van der Waals surface area contributed by atoms with E-state index in [1.807, 2.05) is 24.3 Å². The van der Waals surface area contributed by atoms with E-state index >= 15 is 0 Å². The van der Waals surface area contributed by atoms with Crippen molar-refractivity contribution in [2.75, 3.05) is 5.32 Å². The molecule has 0 saturated heterocycles. The van der Waals surface area contributed by atoms with Crippen molar-refractivity contribution in [1.29, 1.82) is 0 Å². The second-order valence-electron chi connectivity index (χ2n) is 5.34. The number of aromatic nitrogens is 2. The Hall–Kier alpha value is -2.86. The number of anilines is 1. The Morgan fingerprint density at radius 1 is 1.16 bits per heavy atom. The van der Waals surface area contributed by atoms with Gasteiger partial charge in [-0.1, -0.05) is 35.9 Å². The first kappa shape index (κ1) is 17.0. The summed E-state index contributed by atoms with van der Waals surface area (Å²) in [5.74, 6) is 0.402. The first-order chi connectivity index (χ1) is 12.1. The minimum absolute atomic E-state index is 0.0741. The van der Waals surface area contributed by atoms with E-state index in [0.29, 0.717) is 24.6 Å². The molecule has 0 radical (unpaired) electrons. The lowest BCUT2D eigenvalue weighted by atomic mass is 10.2. The number of benzene rings is 2. The minimum atomic E-state index is -0.437. The third-order valence-electron chi connectivity index (χ3n) is 3.50. The van der Waals surface area contributed by atoms with E-state index in [2.05, 4.69) is 15.5 Å². The van der Waals surface area contributed by atoms with Crippen LogP contribution in [-0.2, 0) is 13.2 Å². The number of halogens is 2. The van der Waals surface area contributed by atoms with Gasteiger partial charge in [0.1, 0.15) is 23.2 Å². The zero-order chi connectivity index (χ0) is 17.6. The van der Waals surface area contributed by atoms with E-state index in [9.17, 15) is 9.18 Å². The van der Waals surface area contributed by atoms with Gasteiger partial charge in [0, 0.05) is 6.54 Å². The molecule has 0 aliphatic heterocycles. The Labute approximate surface area is 148 Å². The molecule has 5 nitrogen and oxygen atoms in total. The number of hydrogen-bond donors (Lipinski definition) is 2. The van der Waals surface area contributed by atoms with E-state index in [1.54, 1.807) is 12.1 Å². The van der Waals surface area contributed by atoms with E-state index in [0.717, 1.165) is 11.1 Å². The molecule has 25 heavy (non-hydrogen) atoms. The Bertz CT molecular complexity index is 913. The highest BCUT2D eigenvalue weighted by molar-refractivity contribution is 6.32. The van der Waals surface area contributed by atoms with E-state index in [-0.39, 0.29) is 10.8 Å². The maximum Gasteiger partial charge on any atom is 0.285 e. The fourth-order valence-corrected chi connectivity index (χ4v) is 2.36. The lowest BCUT2D eigenvalue weighted by Crippen LogP contribution is -2.11. The SMILES string of the molecule is O=c1[nH]ncc(NCc2ccc(OCc3cccc(F)c3)cc2)c1Cl. The van der Waals surface area contributed by atoms with Gasteiger partial charge in [0.05, 0.1) is 11.9 Å². The average molecular weight is 360 g/mol. The van der Waals surface area contributed by atoms with Crippen LogP contribution >= 0.6 is 11.6 Å². The van der Waals surface area contributed by atoms with Crippen LogP contribution in [-0.4, -0.2) is 10.2 Å². The van der Waals surface area contributed by atoms with Crippen molar-refractivity contribution in [2.24, 2.45) is 0 Å². The predicted molar refractivity (Wildman–Crippen MR) is 94.4 cm³/mol. The number of ether oxygens (including phenoxy) is 1. The lowest BCUT2D eigenvalue weighted by Gasteiger charge is -2.09. The third-order valence-corrected chi connectivity index (χ3v) is 3.87. The summed E-state index contributed by atoms with van der Waals surface area (Å²) >= 11 is 5.90. The molecule has 0 aliphatic rings. The molecule has 1 heterocycles. The molecule has 2 N–H and O–H groups in total. The van der Waals surface area contributed by atoms with Crippen molar-refractivity contribution < 1.29 is 9.13 Å². The van der Waals surface area contributed by atoms with Crippen LogP contribution in [0.5, 0.6) is 5.75 Å². The van der Waals surface area contributed by atoms with Crippen LogP contribution < -0.4 is 15.6 Å². The van der Waals surface area contributed by atoms with Crippen molar-refractivity contribution in [1.82, 2.24) is 10.2 Å². The van der Waals surface area contributed by atoms with Crippen molar-refractivity contribution in [3.8, 4) is 5.75 Å². The molecule has 0 unspecified atom stereocenters. The molecule has 128 valence electrons. The van der Waals surface area contributed by atoms with Gasteiger partial charge in [0.2, 0.25) is 0 Å². The second kappa shape index (κ2) is 7.81. The summed E-state index contributed by atoms with van der Waals surface area (Å²) in [6.45, 7) is 0.776. The maximum absolute atomic E-state index is 13.1. The van der Waals surface area contributed by atoms with Gasteiger partial charge in [-0.25, -0.2) is 9.49 Å². The Kier molecular flexibility index (Phi) is 5.30. The summed E-state index contributed by atoms with van der Waals surface area (Å²) in [7, 11) is 0. The lowest BCUT2D eigenvalue weighted by molar-refractivity contribution is 0.305. The quantitative estimate of drug-likeness (QED) is 0.703. The monoisotopic (exact) mass is 359 g/mol. The first-order valence-electron chi connectivity index (χ1n) is 7.55. The molecule has 2 aromatic carbocycles. The molecular weight excluding hydrogens is 345 g/mol. The van der Waals surface area contributed by atoms with Gasteiger partial charge in [-0.3, -0.25) is 4.79 Å².